The predicted molar refractivity (Wildman–Crippen MR) is 268 cm³/mol. The van der Waals surface area contributed by atoms with E-state index in [1.165, 1.54) is 4.90 Å². The second-order valence-electron chi connectivity index (χ2n) is 17.8. The lowest BCUT2D eigenvalue weighted by Gasteiger charge is -2.35. The maximum absolute atomic E-state index is 14.3. The normalized spacial score (nSPS) is 18.0. The summed E-state index contributed by atoms with van der Waals surface area (Å²) < 4.78 is 0. The molecule has 0 bridgehead atoms. The van der Waals surface area contributed by atoms with Gasteiger partial charge in [-0.3, -0.25) is 24.8 Å². The molecule has 21 N–H and O–H groups in total. The van der Waals surface area contributed by atoms with Gasteiger partial charge in [-0.05, 0) is 80.2 Å². The molecule has 26 nitrogen and oxygen atoms in total. The topological polar surface area (TPSA) is 450 Å². The van der Waals surface area contributed by atoms with Gasteiger partial charge in [0, 0.05) is 39.1 Å². The summed E-state index contributed by atoms with van der Waals surface area (Å²) in [6.45, 7) is -1.87. The Morgan fingerprint density at radius 1 is 0.753 bits per heavy atom. The molecule has 10 atom stereocenters. The minimum atomic E-state index is -1.96. The third kappa shape index (κ3) is 18.8. The molecule has 1 aliphatic heterocycles. The summed E-state index contributed by atoms with van der Waals surface area (Å²) in [6, 6.07) is 14.4. The lowest BCUT2D eigenvalue weighted by Crippen LogP contribution is -2.55. The molecule has 0 aliphatic carbocycles. The molecular formula is C46H73ClN14O12. The van der Waals surface area contributed by atoms with Crippen molar-refractivity contribution in [3.63, 3.8) is 0 Å². The van der Waals surface area contributed by atoms with Gasteiger partial charge in [-0.2, -0.15) is 5.21 Å². The molecule has 406 valence electrons. The Kier molecular flexibility index (Phi) is 25.2. The molecule has 0 fully saturated rings. The van der Waals surface area contributed by atoms with Crippen LogP contribution in [0.5, 0.6) is 0 Å². The highest BCUT2D eigenvalue weighted by Gasteiger charge is 2.35. The number of guanidine groups is 1. The summed E-state index contributed by atoms with van der Waals surface area (Å²) in [5.74, 6) is -0.691. The number of aromatic nitrogens is 4. The number of aryl methyl sites for hydroxylation is 2. The van der Waals surface area contributed by atoms with Gasteiger partial charge in [-0.1, -0.05) is 65.3 Å². The number of hydrogen-bond acceptors (Lipinski definition) is 22. The van der Waals surface area contributed by atoms with Gasteiger partial charge in [0.25, 0.3) is 5.91 Å². The van der Waals surface area contributed by atoms with Crippen molar-refractivity contribution in [3.8, 4) is 11.1 Å². The number of nitrogens with zero attached hydrogens (tertiary/aromatic N) is 7. The third-order valence-electron chi connectivity index (χ3n) is 12.3. The molecular weight excluding hydrogens is 976 g/mol. The number of carbonyl (C=O) groups excluding carboxylic acids is 2. The first-order valence-electron chi connectivity index (χ1n) is 24.0. The second-order valence-corrected chi connectivity index (χ2v) is 18.2. The van der Waals surface area contributed by atoms with Crippen LogP contribution in [0.25, 0.3) is 11.1 Å². The number of aliphatic hydroxyl groups excluding tert-OH is 10. The molecule has 0 saturated carbocycles. The van der Waals surface area contributed by atoms with Crippen LogP contribution in [0.3, 0.4) is 0 Å². The molecule has 0 saturated heterocycles. The molecule has 1 aliphatic rings. The van der Waals surface area contributed by atoms with Crippen LogP contribution in [0.4, 0.5) is 0 Å². The molecule has 1 aromatic heterocycles. The molecule has 1 unspecified atom stereocenters. The Morgan fingerprint density at radius 3 is 1.85 bits per heavy atom. The number of halogens is 1. The van der Waals surface area contributed by atoms with Crippen molar-refractivity contribution in [3.05, 3.63) is 76.5 Å². The summed E-state index contributed by atoms with van der Waals surface area (Å²) in [5.41, 5.74) is 27.1. The molecule has 73 heavy (non-hydrogen) atoms. The average molecular weight is 1050 g/mol. The minimum absolute atomic E-state index is 0.00133. The van der Waals surface area contributed by atoms with E-state index in [0.717, 1.165) is 35.1 Å². The maximum Gasteiger partial charge on any atom is 0.257 e. The van der Waals surface area contributed by atoms with Gasteiger partial charge in [-0.15, -0.1) is 10.2 Å². The zero-order valence-corrected chi connectivity index (χ0v) is 41.3. The van der Waals surface area contributed by atoms with Gasteiger partial charge in [0.1, 0.15) is 47.6 Å². The van der Waals surface area contributed by atoms with Gasteiger partial charge in [-0.25, -0.2) is 4.99 Å². The smallest absolute Gasteiger partial charge is 0.257 e. The molecule has 2 amide bonds. The van der Waals surface area contributed by atoms with Crippen LogP contribution in [0.2, 0.25) is 0 Å². The SMILES string of the molecule is NCCCC[C@@H](c1nn[nH]n1)N(CCCN(C[C@H](O)[C@@H](O)[C@H](O)[C@H](O)CO)C[C@H](O)[C@@H](O)[C@H](O)[C@H](O)CO)C(=O)CCc1ccc(-c2ccc(CCCCN=C(N)NC(=O)C3NC(Cl)=C(N)N=C3N)cc2)cc1. The largest absolute Gasteiger partial charge is 0.394 e. The fourth-order valence-electron chi connectivity index (χ4n) is 7.99. The number of H-pyrrole nitrogens is 1. The zero-order chi connectivity index (χ0) is 53.6. The van der Waals surface area contributed by atoms with Gasteiger partial charge < -0.3 is 84.2 Å². The number of amidine groups is 1. The van der Waals surface area contributed by atoms with Crippen molar-refractivity contribution < 1.29 is 60.7 Å². The number of nitrogens with one attached hydrogen (secondary N) is 3. The van der Waals surface area contributed by atoms with Crippen molar-refractivity contribution in [1.29, 1.82) is 0 Å². The molecule has 2 aromatic carbocycles. The second kappa shape index (κ2) is 30.7. The number of nitrogens with two attached hydrogens (primary N) is 4. The summed E-state index contributed by atoms with van der Waals surface area (Å²) in [6.07, 6.45) is -10.2. The number of rotatable bonds is 32. The van der Waals surface area contributed by atoms with E-state index in [2.05, 4.69) is 53.4 Å². The molecule has 0 spiro atoms. The summed E-state index contributed by atoms with van der Waals surface area (Å²) in [4.78, 5) is 37.9. The quantitative estimate of drug-likeness (QED) is 0.0121. The number of aromatic amines is 1. The van der Waals surface area contributed by atoms with Gasteiger partial charge in [0.2, 0.25) is 5.91 Å². The number of aliphatic hydroxyl groups is 10. The van der Waals surface area contributed by atoms with Gasteiger partial charge in [0.15, 0.2) is 23.6 Å². The third-order valence-corrected chi connectivity index (χ3v) is 12.6. The van der Waals surface area contributed by atoms with Crippen molar-refractivity contribution in [1.82, 2.24) is 41.1 Å². The van der Waals surface area contributed by atoms with Gasteiger partial charge in [0.05, 0.1) is 31.5 Å². The van der Waals surface area contributed by atoms with Crippen molar-refractivity contribution in [2.45, 2.75) is 119 Å². The average Bonchev–Trinajstić information content (AvgIpc) is 3.93. The first kappa shape index (κ1) is 60.1. The maximum atomic E-state index is 14.3. The first-order chi connectivity index (χ1) is 34.9. The van der Waals surface area contributed by atoms with Crippen LogP contribution in [0.15, 0.2) is 69.5 Å². The first-order valence-corrected chi connectivity index (χ1v) is 24.4. The Balaban J connectivity index is 1.38. The monoisotopic (exact) mass is 1050 g/mol. The summed E-state index contributed by atoms with van der Waals surface area (Å²) in [7, 11) is 0. The van der Waals surface area contributed by atoms with Crippen LogP contribution < -0.4 is 33.6 Å². The lowest BCUT2D eigenvalue weighted by molar-refractivity contribution is -0.135. The highest BCUT2D eigenvalue weighted by molar-refractivity contribution is 6.30. The van der Waals surface area contributed by atoms with E-state index in [-0.39, 0.29) is 60.4 Å². The van der Waals surface area contributed by atoms with E-state index in [9.17, 15) is 60.7 Å². The zero-order valence-electron chi connectivity index (χ0n) is 40.5. The Morgan fingerprint density at radius 2 is 1.32 bits per heavy atom. The minimum Gasteiger partial charge on any atom is -0.394 e. The summed E-state index contributed by atoms with van der Waals surface area (Å²) in [5, 5.41) is 121. The van der Waals surface area contributed by atoms with E-state index in [1.54, 1.807) is 4.90 Å². The van der Waals surface area contributed by atoms with E-state index in [1.807, 2.05) is 36.4 Å². The predicted octanol–water partition coefficient (Wildman–Crippen LogP) is -4.53. The van der Waals surface area contributed by atoms with Crippen LogP contribution >= 0.6 is 11.6 Å². The number of unbranched alkanes of at least 4 members (excludes halogenated alkanes) is 2. The standard InChI is InChI=1S/C46H73ClN14O12/c47-41-43(50)54-42(49)36(53-41)45(73)55-46(51)52-19-4-2-6-26-8-13-28(14-9-26)29-15-10-27(11-16-29)12-17-35(68)61(30(7-1-3-18-48)44-56-58-59-57-44)21-5-20-60(22-31(64)37(69)39(71)33(66)24-62)23-32(65)38(70)40(72)34(67)25-63/h8-11,13-16,30-34,36-40,53,62-67,69-72H,1-7,12,17-25,48,50H2,(H2,49,54)(H3,51,52,55,73)(H,56,57,58,59)/t30-,31-,32-,33+,34+,36?,37+,38+,39+,40+/m0/s1. The fraction of sp³-hybridized carbons (Fsp3) is 0.587. The molecule has 0 radical (unpaired) electrons. The highest BCUT2D eigenvalue weighted by atomic mass is 35.5. The number of tetrazole rings is 1. The number of amides is 2. The van der Waals surface area contributed by atoms with E-state index < -0.39 is 93.1 Å². The molecule has 3 aromatic rings. The van der Waals surface area contributed by atoms with Crippen molar-refractivity contribution in [2.75, 3.05) is 52.5 Å². The van der Waals surface area contributed by atoms with Crippen LogP contribution in [0, 0.1) is 0 Å². The van der Waals surface area contributed by atoms with E-state index in [0.29, 0.717) is 45.2 Å². The molecule has 2 heterocycles. The van der Waals surface area contributed by atoms with Gasteiger partial charge >= 0.3 is 0 Å². The molecule has 4 rings (SSSR count). The van der Waals surface area contributed by atoms with E-state index >= 15 is 0 Å². The van der Waals surface area contributed by atoms with Crippen molar-refractivity contribution in [2.24, 2.45) is 32.9 Å². The summed E-state index contributed by atoms with van der Waals surface area (Å²) >= 11 is 5.93. The number of carbonyl (C=O) groups is 2. The molecule has 27 heteroatoms. The number of benzene rings is 2. The Labute approximate surface area is 427 Å². The Bertz CT molecular complexity index is 2180. The van der Waals surface area contributed by atoms with E-state index in [4.69, 9.17) is 34.5 Å². The van der Waals surface area contributed by atoms with Crippen LogP contribution in [-0.2, 0) is 22.4 Å². The Hall–Kier alpha value is -5.46. The lowest BCUT2D eigenvalue weighted by atomic mass is 9.99. The van der Waals surface area contributed by atoms with Crippen LogP contribution in [-0.4, -0.2) is 212 Å². The highest BCUT2D eigenvalue weighted by Crippen LogP contribution is 2.26. The van der Waals surface area contributed by atoms with Crippen LogP contribution in [0.1, 0.15) is 67.9 Å². The number of hydrogen-bond donors (Lipinski definition) is 17. The number of aliphatic imine (C=N–C) groups is 2. The van der Waals surface area contributed by atoms with Crippen molar-refractivity contribution >= 4 is 35.2 Å². The fourth-order valence-corrected chi connectivity index (χ4v) is 8.14.